The average molecular weight is 334 g/mol. The van der Waals surface area contributed by atoms with Crippen LogP contribution in [0.3, 0.4) is 0 Å². The van der Waals surface area contributed by atoms with E-state index in [-0.39, 0.29) is 11.5 Å². The Kier molecular flexibility index (Phi) is 5.63. The van der Waals surface area contributed by atoms with E-state index in [1.54, 1.807) is 12.1 Å². The van der Waals surface area contributed by atoms with Crippen LogP contribution >= 0.6 is 12.2 Å². The summed E-state index contributed by atoms with van der Waals surface area (Å²) in [4.78, 5) is 11.7. The Morgan fingerprint density at radius 2 is 1.96 bits per heavy atom. The molecule has 0 heterocycles. The van der Waals surface area contributed by atoms with Crippen LogP contribution in [-0.2, 0) is 4.74 Å². The van der Waals surface area contributed by atoms with Gasteiger partial charge >= 0.3 is 5.97 Å². The minimum Gasteiger partial charge on any atom is -0.465 e. The molecule has 5 heteroatoms. The number of carbonyl (C=O) groups excluding carboxylic acids is 1. The third-order valence-electron chi connectivity index (χ3n) is 4.87. The van der Waals surface area contributed by atoms with Crippen LogP contribution in [0.15, 0.2) is 18.2 Å². The van der Waals surface area contributed by atoms with Crippen molar-refractivity contribution >= 4 is 29.0 Å². The molecule has 1 aromatic rings. The van der Waals surface area contributed by atoms with Crippen molar-refractivity contribution < 1.29 is 9.53 Å². The van der Waals surface area contributed by atoms with Crippen molar-refractivity contribution in [1.29, 1.82) is 0 Å². The van der Waals surface area contributed by atoms with Gasteiger partial charge in [0.05, 0.1) is 12.7 Å². The van der Waals surface area contributed by atoms with Gasteiger partial charge in [0.15, 0.2) is 5.11 Å². The van der Waals surface area contributed by atoms with Crippen molar-refractivity contribution in [2.45, 2.75) is 52.0 Å². The van der Waals surface area contributed by atoms with Crippen molar-refractivity contribution in [2.75, 3.05) is 12.4 Å². The highest BCUT2D eigenvalue weighted by molar-refractivity contribution is 7.80. The molecule has 23 heavy (non-hydrogen) atoms. The van der Waals surface area contributed by atoms with E-state index in [9.17, 15) is 4.79 Å². The second kappa shape index (κ2) is 7.30. The van der Waals surface area contributed by atoms with Gasteiger partial charge in [-0.3, -0.25) is 0 Å². The van der Waals surface area contributed by atoms with E-state index in [1.165, 1.54) is 20.0 Å². The normalized spacial score (nSPS) is 16.2. The number of aryl methyl sites for hydroxylation is 1. The van der Waals surface area contributed by atoms with Crippen LogP contribution in [0.2, 0.25) is 0 Å². The van der Waals surface area contributed by atoms with Crippen LogP contribution in [0.25, 0.3) is 0 Å². The zero-order chi connectivity index (χ0) is 17.0. The van der Waals surface area contributed by atoms with Gasteiger partial charge in [-0.2, -0.15) is 0 Å². The van der Waals surface area contributed by atoms with Gasteiger partial charge in [0.1, 0.15) is 0 Å². The third kappa shape index (κ3) is 4.02. The lowest BCUT2D eigenvalue weighted by atomic mass is 9.85. The first-order valence-corrected chi connectivity index (χ1v) is 8.57. The zero-order valence-corrected chi connectivity index (χ0v) is 15.2. The Balaban J connectivity index is 2.12. The number of methoxy groups -OCH3 is 1. The molecule has 4 nitrogen and oxygen atoms in total. The number of hydrogen-bond donors (Lipinski definition) is 2. The standard InChI is InChI=1S/C18H26N2O2S/c1-12(2)18(9-5-6-10-18)20-17(23)19-15-11-14(16(21)22-4)8-7-13(15)3/h7-8,11-12H,5-6,9-10H2,1-4H3,(H2,19,20,23). The van der Waals surface area contributed by atoms with Gasteiger partial charge in [-0.05, 0) is 55.6 Å². The third-order valence-corrected chi connectivity index (χ3v) is 5.07. The van der Waals surface area contributed by atoms with Gasteiger partial charge < -0.3 is 15.4 Å². The summed E-state index contributed by atoms with van der Waals surface area (Å²) >= 11 is 5.52. The highest BCUT2D eigenvalue weighted by atomic mass is 32.1. The van der Waals surface area contributed by atoms with E-state index < -0.39 is 0 Å². The number of benzene rings is 1. The summed E-state index contributed by atoms with van der Waals surface area (Å²) in [6.45, 7) is 6.47. The van der Waals surface area contributed by atoms with Crippen molar-refractivity contribution in [3.05, 3.63) is 29.3 Å². The molecular formula is C18H26N2O2S. The number of esters is 1. The topological polar surface area (TPSA) is 50.4 Å². The fourth-order valence-corrected chi connectivity index (χ4v) is 3.55. The summed E-state index contributed by atoms with van der Waals surface area (Å²) in [6.07, 6.45) is 4.77. The molecule has 1 saturated carbocycles. The lowest BCUT2D eigenvalue weighted by Gasteiger charge is -2.36. The number of rotatable bonds is 4. The predicted octanol–water partition coefficient (Wildman–Crippen LogP) is 4.04. The number of ether oxygens (including phenoxy) is 1. The molecule has 0 aliphatic heterocycles. The second-order valence-electron chi connectivity index (χ2n) is 6.62. The Labute approximate surface area is 144 Å². The SMILES string of the molecule is COC(=O)c1ccc(C)c(NC(=S)NC2(C(C)C)CCCC2)c1. The maximum absolute atomic E-state index is 11.7. The molecule has 2 N–H and O–H groups in total. The molecule has 1 aliphatic rings. The first-order chi connectivity index (χ1) is 10.9. The number of nitrogens with one attached hydrogen (secondary N) is 2. The molecule has 2 rings (SSSR count). The Hall–Kier alpha value is -1.62. The van der Waals surface area contributed by atoms with Crippen LogP contribution in [0.4, 0.5) is 5.69 Å². The molecule has 0 radical (unpaired) electrons. The molecule has 126 valence electrons. The second-order valence-corrected chi connectivity index (χ2v) is 7.03. The molecule has 0 amide bonds. The molecule has 1 aromatic carbocycles. The highest BCUT2D eigenvalue weighted by Gasteiger charge is 2.37. The Bertz CT molecular complexity index is 593. The molecule has 0 spiro atoms. The first kappa shape index (κ1) is 17.7. The van der Waals surface area contributed by atoms with Crippen LogP contribution in [0.5, 0.6) is 0 Å². The van der Waals surface area contributed by atoms with Gasteiger partial charge in [0.2, 0.25) is 0 Å². The smallest absolute Gasteiger partial charge is 0.337 e. The Morgan fingerprint density at radius 1 is 1.30 bits per heavy atom. The molecule has 0 saturated heterocycles. The van der Waals surface area contributed by atoms with Gasteiger partial charge in [-0.15, -0.1) is 0 Å². The quantitative estimate of drug-likeness (QED) is 0.643. The molecule has 0 bridgehead atoms. The largest absolute Gasteiger partial charge is 0.465 e. The maximum atomic E-state index is 11.7. The van der Waals surface area contributed by atoms with Crippen LogP contribution < -0.4 is 10.6 Å². The molecule has 0 unspecified atom stereocenters. The summed E-state index contributed by atoms with van der Waals surface area (Å²) in [5.41, 5.74) is 2.47. The fraction of sp³-hybridized carbons (Fsp3) is 0.556. The van der Waals surface area contributed by atoms with Crippen molar-refractivity contribution in [2.24, 2.45) is 5.92 Å². The van der Waals surface area contributed by atoms with Crippen LogP contribution in [0.1, 0.15) is 55.5 Å². The Morgan fingerprint density at radius 3 is 2.52 bits per heavy atom. The maximum Gasteiger partial charge on any atom is 0.337 e. The summed E-state index contributed by atoms with van der Waals surface area (Å²) in [5, 5.41) is 7.40. The lowest BCUT2D eigenvalue weighted by molar-refractivity contribution is 0.0601. The van der Waals surface area contributed by atoms with Crippen LogP contribution in [0, 0.1) is 12.8 Å². The number of anilines is 1. The minimum atomic E-state index is -0.346. The number of carbonyl (C=O) groups is 1. The van der Waals surface area contributed by atoms with Crippen molar-refractivity contribution in [3.8, 4) is 0 Å². The summed E-state index contributed by atoms with van der Waals surface area (Å²) in [5.74, 6) is 0.175. The van der Waals surface area contributed by atoms with Gasteiger partial charge in [-0.1, -0.05) is 32.8 Å². The summed E-state index contributed by atoms with van der Waals surface area (Å²) in [6, 6.07) is 5.44. The average Bonchev–Trinajstić information content (AvgIpc) is 2.98. The predicted molar refractivity (Wildman–Crippen MR) is 97.9 cm³/mol. The van der Waals surface area contributed by atoms with E-state index in [1.807, 2.05) is 13.0 Å². The molecular weight excluding hydrogens is 308 g/mol. The molecule has 1 aliphatic carbocycles. The zero-order valence-electron chi connectivity index (χ0n) is 14.4. The van der Waals surface area contributed by atoms with E-state index in [0.29, 0.717) is 16.6 Å². The monoisotopic (exact) mass is 334 g/mol. The molecule has 0 aromatic heterocycles. The highest BCUT2D eigenvalue weighted by Crippen LogP contribution is 2.36. The first-order valence-electron chi connectivity index (χ1n) is 8.16. The van der Waals surface area contributed by atoms with E-state index >= 15 is 0 Å². The summed E-state index contributed by atoms with van der Waals surface area (Å²) < 4.78 is 4.78. The summed E-state index contributed by atoms with van der Waals surface area (Å²) in [7, 11) is 1.38. The van der Waals surface area contributed by atoms with Crippen molar-refractivity contribution in [3.63, 3.8) is 0 Å². The van der Waals surface area contributed by atoms with Gasteiger partial charge in [0, 0.05) is 11.2 Å². The number of hydrogen-bond acceptors (Lipinski definition) is 3. The number of thiocarbonyl (C=S) groups is 1. The van der Waals surface area contributed by atoms with E-state index in [2.05, 4.69) is 24.5 Å². The minimum absolute atomic E-state index is 0.0813. The van der Waals surface area contributed by atoms with Gasteiger partial charge in [0.25, 0.3) is 0 Å². The van der Waals surface area contributed by atoms with Gasteiger partial charge in [-0.25, -0.2) is 4.79 Å². The molecule has 0 atom stereocenters. The fourth-order valence-electron chi connectivity index (χ4n) is 3.23. The lowest BCUT2D eigenvalue weighted by Crippen LogP contribution is -2.51. The molecule has 1 fully saturated rings. The van der Waals surface area contributed by atoms with E-state index in [0.717, 1.165) is 24.1 Å². The van der Waals surface area contributed by atoms with Crippen molar-refractivity contribution in [1.82, 2.24) is 5.32 Å². The van der Waals surface area contributed by atoms with Crippen LogP contribution in [-0.4, -0.2) is 23.7 Å². The van der Waals surface area contributed by atoms with E-state index in [4.69, 9.17) is 17.0 Å².